The van der Waals surface area contributed by atoms with E-state index in [1.165, 1.54) is 31.2 Å². The smallest absolute Gasteiger partial charge is 0.222 e. The van der Waals surface area contributed by atoms with Gasteiger partial charge in [-0.15, -0.1) is 0 Å². The summed E-state index contributed by atoms with van der Waals surface area (Å²) >= 11 is 0. The average Bonchev–Trinajstić information content (AvgIpc) is 3.22. The van der Waals surface area contributed by atoms with E-state index in [9.17, 15) is 4.79 Å². The van der Waals surface area contributed by atoms with E-state index >= 15 is 0 Å². The minimum Gasteiger partial charge on any atom is -0.352 e. The minimum atomic E-state index is 0.122. The number of carbonyl (C=O) groups is 1. The van der Waals surface area contributed by atoms with E-state index in [1.54, 1.807) is 11.0 Å². The number of hydrogen-bond donors (Lipinski definition) is 1. The van der Waals surface area contributed by atoms with Crippen LogP contribution >= 0.6 is 0 Å². The molecule has 0 saturated heterocycles. The van der Waals surface area contributed by atoms with E-state index < -0.39 is 0 Å². The summed E-state index contributed by atoms with van der Waals surface area (Å²) in [6.45, 7) is 0.586. The zero-order chi connectivity index (χ0) is 15.6. The molecule has 2 saturated carbocycles. The highest BCUT2D eigenvalue weighted by Gasteiger charge is 2.53. The lowest BCUT2D eigenvalue weighted by atomic mass is 9.60. The van der Waals surface area contributed by atoms with Crippen LogP contribution < -0.4 is 5.32 Å². The van der Waals surface area contributed by atoms with E-state index in [2.05, 4.69) is 45.7 Å². The largest absolute Gasteiger partial charge is 0.352 e. The van der Waals surface area contributed by atoms with Crippen molar-refractivity contribution in [2.75, 3.05) is 0 Å². The van der Waals surface area contributed by atoms with Gasteiger partial charge in [0.2, 0.25) is 5.91 Å². The number of nitrogens with one attached hydrogen (secondary N) is 1. The van der Waals surface area contributed by atoms with E-state index in [4.69, 9.17) is 0 Å². The number of nitrogens with zero attached hydrogens (tertiary/aromatic N) is 3. The molecule has 23 heavy (non-hydrogen) atoms. The topological polar surface area (TPSA) is 59.8 Å². The van der Waals surface area contributed by atoms with Crippen LogP contribution in [0.25, 0.3) is 0 Å². The second kappa shape index (κ2) is 6.14. The van der Waals surface area contributed by atoms with Crippen LogP contribution in [-0.4, -0.2) is 26.7 Å². The predicted octanol–water partition coefficient (Wildman–Crippen LogP) is 2.37. The molecule has 1 heterocycles. The molecule has 0 unspecified atom stereocenters. The summed E-state index contributed by atoms with van der Waals surface area (Å²) in [5.74, 6) is 2.02. The molecule has 1 amide bonds. The first-order valence-corrected chi connectivity index (χ1v) is 8.49. The number of fused-ring (bicyclic) bond motifs is 1. The molecule has 4 atom stereocenters. The summed E-state index contributed by atoms with van der Waals surface area (Å²) in [7, 11) is 0. The van der Waals surface area contributed by atoms with Crippen molar-refractivity contribution in [3.05, 3.63) is 48.5 Å². The van der Waals surface area contributed by atoms with Gasteiger partial charge in [0.25, 0.3) is 0 Å². The highest BCUT2D eigenvalue weighted by atomic mass is 16.1. The molecule has 0 spiro atoms. The third-order valence-corrected chi connectivity index (χ3v) is 5.48. The van der Waals surface area contributed by atoms with E-state index in [-0.39, 0.29) is 5.91 Å². The van der Waals surface area contributed by atoms with Gasteiger partial charge in [-0.25, -0.2) is 4.98 Å². The third-order valence-electron chi connectivity index (χ3n) is 5.48. The molecule has 4 rings (SSSR count). The highest BCUT2D eigenvalue weighted by Crippen LogP contribution is 2.55. The fraction of sp³-hybridized carbons (Fsp3) is 0.500. The standard InChI is InChI=1S/C18H22N4O/c23-16(9-10-22-12-19-11-20-22)21-18-15-8-4-7-14(15)17(18)13-5-2-1-3-6-13/h1-3,5-6,11-12,14-15,17-18H,4,7-10H2,(H,21,23)/t14-,15+,17-,18+/m0/s1. The Bertz CT molecular complexity index is 655. The van der Waals surface area contributed by atoms with Crippen LogP contribution in [0.1, 0.15) is 37.2 Å². The fourth-order valence-electron chi connectivity index (χ4n) is 4.45. The minimum absolute atomic E-state index is 0.122. The van der Waals surface area contributed by atoms with Gasteiger partial charge in [-0.2, -0.15) is 5.10 Å². The maximum Gasteiger partial charge on any atom is 0.222 e. The lowest BCUT2D eigenvalue weighted by Crippen LogP contribution is -2.56. The molecule has 5 heteroatoms. The van der Waals surface area contributed by atoms with Gasteiger partial charge < -0.3 is 5.32 Å². The summed E-state index contributed by atoms with van der Waals surface area (Å²) in [5, 5.41) is 7.34. The molecule has 120 valence electrons. The van der Waals surface area contributed by atoms with Gasteiger partial charge in [0.15, 0.2) is 0 Å². The van der Waals surface area contributed by atoms with Crippen molar-refractivity contribution in [1.82, 2.24) is 20.1 Å². The first kappa shape index (κ1) is 14.4. The normalized spacial score (nSPS) is 28.9. The van der Waals surface area contributed by atoms with Crippen molar-refractivity contribution >= 4 is 5.91 Å². The summed E-state index contributed by atoms with van der Waals surface area (Å²) < 4.78 is 1.70. The van der Waals surface area contributed by atoms with Gasteiger partial charge in [0.05, 0.1) is 6.54 Å². The van der Waals surface area contributed by atoms with Gasteiger partial charge in [0, 0.05) is 18.4 Å². The molecule has 2 aliphatic rings. The predicted molar refractivity (Wildman–Crippen MR) is 86.6 cm³/mol. The maximum absolute atomic E-state index is 12.3. The van der Waals surface area contributed by atoms with Crippen molar-refractivity contribution in [2.45, 2.75) is 44.2 Å². The lowest BCUT2D eigenvalue weighted by Gasteiger charge is -2.49. The van der Waals surface area contributed by atoms with Gasteiger partial charge in [-0.3, -0.25) is 9.48 Å². The molecule has 1 aromatic heterocycles. The van der Waals surface area contributed by atoms with Crippen LogP contribution in [-0.2, 0) is 11.3 Å². The Balaban J connectivity index is 1.41. The number of carbonyl (C=O) groups excluding carboxylic acids is 1. The van der Waals surface area contributed by atoms with E-state index in [1.807, 2.05) is 0 Å². The molecule has 0 bridgehead atoms. The Kier molecular flexibility index (Phi) is 3.85. The molecule has 2 aliphatic carbocycles. The monoisotopic (exact) mass is 310 g/mol. The molecule has 0 radical (unpaired) electrons. The first-order chi connectivity index (χ1) is 11.3. The fourth-order valence-corrected chi connectivity index (χ4v) is 4.45. The Labute approximate surface area is 136 Å². The third kappa shape index (κ3) is 2.76. The van der Waals surface area contributed by atoms with Crippen molar-refractivity contribution in [2.24, 2.45) is 11.8 Å². The molecule has 5 nitrogen and oxygen atoms in total. The summed E-state index contributed by atoms with van der Waals surface area (Å²) in [6, 6.07) is 11.0. The van der Waals surface area contributed by atoms with Crippen LogP contribution in [0, 0.1) is 11.8 Å². The van der Waals surface area contributed by atoms with Crippen molar-refractivity contribution < 1.29 is 4.79 Å². The van der Waals surface area contributed by atoms with Gasteiger partial charge in [-0.05, 0) is 30.2 Å². The van der Waals surface area contributed by atoms with Crippen LogP contribution in [0.3, 0.4) is 0 Å². The second-order valence-electron chi connectivity index (χ2n) is 6.70. The molecule has 1 N–H and O–H groups in total. The van der Waals surface area contributed by atoms with Crippen molar-refractivity contribution in [3.8, 4) is 0 Å². The number of aryl methyl sites for hydroxylation is 1. The van der Waals surface area contributed by atoms with Crippen LogP contribution in [0.15, 0.2) is 43.0 Å². The number of rotatable bonds is 5. The second-order valence-corrected chi connectivity index (χ2v) is 6.70. The highest BCUT2D eigenvalue weighted by molar-refractivity contribution is 5.76. The Morgan fingerprint density at radius 3 is 2.83 bits per heavy atom. The van der Waals surface area contributed by atoms with E-state index in [0.29, 0.717) is 30.8 Å². The molecule has 2 aromatic rings. The van der Waals surface area contributed by atoms with Gasteiger partial charge >= 0.3 is 0 Å². The van der Waals surface area contributed by atoms with Crippen LogP contribution in [0.4, 0.5) is 0 Å². The molecular formula is C18H22N4O. The summed E-state index contributed by atoms with van der Waals surface area (Å²) in [6.07, 6.45) is 7.45. The van der Waals surface area contributed by atoms with E-state index in [0.717, 1.165) is 5.92 Å². The lowest BCUT2D eigenvalue weighted by molar-refractivity contribution is -0.124. The van der Waals surface area contributed by atoms with Crippen molar-refractivity contribution in [3.63, 3.8) is 0 Å². The number of hydrogen-bond acceptors (Lipinski definition) is 3. The quantitative estimate of drug-likeness (QED) is 0.922. The van der Waals surface area contributed by atoms with Gasteiger partial charge in [0.1, 0.15) is 12.7 Å². The Morgan fingerprint density at radius 2 is 2.04 bits per heavy atom. The molecule has 2 fully saturated rings. The molecular weight excluding hydrogens is 288 g/mol. The van der Waals surface area contributed by atoms with Crippen LogP contribution in [0.2, 0.25) is 0 Å². The molecule has 1 aromatic carbocycles. The zero-order valence-corrected chi connectivity index (χ0v) is 13.1. The van der Waals surface area contributed by atoms with Crippen LogP contribution in [0.5, 0.6) is 0 Å². The van der Waals surface area contributed by atoms with Crippen molar-refractivity contribution in [1.29, 1.82) is 0 Å². The number of aromatic nitrogens is 3. The zero-order valence-electron chi connectivity index (χ0n) is 13.1. The summed E-state index contributed by atoms with van der Waals surface area (Å²) in [5.41, 5.74) is 1.37. The Hall–Kier alpha value is -2.17. The first-order valence-electron chi connectivity index (χ1n) is 8.49. The number of benzene rings is 1. The summed E-state index contributed by atoms with van der Waals surface area (Å²) in [4.78, 5) is 16.2. The SMILES string of the molecule is O=C(CCn1cncn1)N[C@@H]1[C@@H]2CCC[C@@H]2[C@@H]1c1ccccc1. The average molecular weight is 310 g/mol. The Morgan fingerprint density at radius 1 is 1.22 bits per heavy atom. The van der Waals surface area contributed by atoms with Gasteiger partial charge in [-0.1, -0.05) is 36.8 Å². The number of amides is 1. The maximum atomic E-state index is 12.3. The molecule has 0 aliphatic heterocycles.